The summed E-state index contributed by atoms with van der Waals surface area (Å²) in [6, 6.07) is 7.57. The van der Waals surface area contributed by atoms with Crippen LogP contribution in [-0.2, 0) is 19.1 Å². The van der Waals surface area contributed by atoms with E-state index < -0.39 is 17.4 Å². The van der Waals surface area contributed by atoms with Crippen LogP contribution < -0.4 is 4.74 Å². The van der Waals surface area contributed by atoms with E-state index in [0.717, 1.165) is 11.3 Å². The number of nitrogens with zero attached hydrogens (tertiary/aromatic N) is 1. The average molecular weight is 357 g/mol. The number of methoxy groups -OCH3 is 1. The highest BCUT2D eigenvalue weighted by Gasteiger charge is 2.67. The fraction of sp³-hybridized carbons (Fsp3) is 0.500. The first-order valence-corrected chi connectivity index (χ1v) is 8.99. The molecule has 0 saturated carbocycles. The zero-order valence-electron chi connectivity index (χ0n) is 15.2. The summed E-state index contributed by atoms with van der Waals surface area (Å²) >= 11 is 0. The highest BCUT2D eigenvalue weighted by molar-refractivity contribution is 5.91. The van der Waals surface area contributed by atoms with Crippen molar-refractivity contribution >= 4 is 11.9 Å². The lowest BCUT2D eigenvalue weighted by molar-refractivity contribution is -0.153. The number of carbonyl (C=O) groups is 2. The lowest BCUT2D eigenvalue weighted by Gasteiger charge is -2.27. The molecular formula is C20H23NO5. The van der Waals surface area contributed by atoms with E-state index in [1.54, 1.807) is 14.0 Å². The van der Waals surface area contributed by atoms with Crippen molar-refractivity contribution in [3.8, 4) is 5.75 Å². The number of likely N-dealkylation sites (tertiary alicyclic amines) is 1. The molecule has 4 rings (SSSR count). The Morgan fingerprint density at radius 3 is 2.77 bits per heavy atom. The molecule has 3 heterocycles. The first kappa shape index (κ1) is 17.1. The van der Waals surface area contributed by atoms with E-state index in [1.807, 2.05) is 48.2 Å². The molecule has 0 radical (unpaired) electrons. The molecule has 0 N–H and O–H groups in total. The molecule has 0 aromatic heterocycles. The van der Waals surface area contributed by atoms with Crippen molar-refractivity contribution in [2.24, 2.45) is 11.8 Å². The summed E-state index contributed by atoms with van der Waals surface area (Å²) in [7, 11) is 1.62. The molecule has 138 valence electrons. The van der Waals surface area contributed by atoms with Crippen molar-refractivity contribution in [2.75, 3.05) is 20.3 Å². The van der Waals surface area contributed by atoms with Gasteiger partial charge in [0.1, 0.15) is 17.3 Å². The molecule has 2 fully saturated rings. The third kappa shape index (κ3) is 2.35. The molecule has 2 unspecified atom stereocenters. The molecule has 5 atom stereocenters. The van der Waals surface area contributed by atoms with Crippen LogP contribution in [0.5, 0.6) is 5.75 Å². The van der Waals surface area contributed by atoms with Crippen LogP contribution in [0.25, 0.3) is 0 Å². The summed E-state index contributed by atoms with van der Waals surface area (Å²) in [5, 5.41) is 0. The van der Waals surface area contributed by atoms with Gasteiger partial charge in [0.15, 0.2) is 0 Å². The second kappa shape index (κ2) is 6.13. The van der Waals surface area contributed by atoms with Gasteiger partial charge in [0.2, 0.25) is 5.91 Å². The summed E-state index contributed by atoms with van der Waals surface area (Å²) in [5.41, 5.74) is 0.307. The van der Waals surface area contributed by atoms with Crippen molar-refractivity contribution < 1.29 is 23.8 Å². The predicted octanol–water partition coefficient (Wildman–Crippen LogP) is 2.10. The molecular weight excluding hydrogens is 334 g/mol. The minimum Gasteiger partial charge on any atom is -0.497 e. The first-order valence-electron chi connectivity index (χ1n) is 8.99. The Balaban J connectivity index is 1.60. The van der Waals surface area contributed by atoms with Crippen LogP contribution in [0.1, 0.15) is 25.5 Å². The van der Waals surface area contributed by atoms with Crippen molar-refractivity contribution in [3.05, 3.63) is 42.0 Å². The molecule has 1 aromatic rings. The SMILES string of the molecule is CCOC(=O)C1[C@@H]2C=C[C@]3(CN(C(C)c4ccc(OC)cc4)C(=O)[C@H]13)O2. The van der Waals surface area contributed by atoms with E-state index in [-0.39, 0.29) is 24.0 Å². The topological polar surface area (TPSA) is 65.1 Å². The van der Waals surface area contributed by atoms with Gasteiger partial charge in [-0.2, -0.15) is 0 Å². The fourth-order valence-electron chi connectivity index (χ4n) is 4.43. The summed E-state index contributed by atoms with van der Waals surface area (Å²) in [6.45, 7) is 4.51. The van der Waals surface area contributed by atoms with Gasteiger partial charge in [0.05, 0.1) is 38.3 Å². The van der Waals surface area contributed by atoms with Gasteiger partial charge < -0.3 is 19.1 Å². The first-order chi connectivity index (χ1) is 12.5. The quantitative estimate of drug-likeness (QED) is 0.596. The van der Waals surface area contributed by atoms with Gasteiger partial charge in [-0.15, -0.1) is 0 Å². The number of esters is 1. The van der Waals surface area contributed by atoms with E-state index in [1.165, 1.54) is 0 Å². The average Bonchev–Trinajstić information content (AvgIpc) is 3.29. The Morgan fingerprint density at radius 2 is 2.12 bits per heavy atom. The van der Waals surface area contributed by atoms with Crippen LogP contribution in [-0.4, -0.2) is 48.7 Å². The van der Waals surface area contributed by atoms with Crippen molar-refractivity contribution in [1.82, 2.24) is 4.90 Å². The van der Waals surface area contributed by atoms with Gasteiger partial charge in [-0.25, -0.2) is 0 Å². The minimum absolute atomic E-state index is 0.0433. The van der Waals surface area contributed by atoms with Gasteiger partial charge in [-0.05, 0) is 31.5 Å². The number of carbonyl (C=O) groups excluding carboxylic acids is 2. The molecule has 6 nitrogen and oxygen atoms in total. The molecule has 1 amide bonds. The predicted molar refractivity (Wildman–Crippen MR) is 93.5 cm³/mol. The number of benzene rings is 1. The zero-order valence-corrected chi connectivity index (χ0v) is 15.2. The number of fused-ring (bicyclic) bond motifs is 1. The van der Waals surface area contributed by atoms with Gasteiger partial charge in [0.25, 0.3) is 0 Å². The summed E-state index contributed by atoms with van der Waals surface area (Å²) in [4.78, 5) is 27.4. The minimum atomic E-state index is -0.708. The molecule has 1 aromatic carbocycles. The van der Waals surface area contributed by atoms with Crippen LogP contribution in [0, 0.1) is 11.8 Å². The maximum absolute atomic E-state index is 13.2. The second-order valence-electron chi connectivity index (χ2n) is 7.07. The van der Waals surface area contributed by atoms with E-state index in [2.05, 4.69) is 0 Å². The fourth-order valence-corrected chi connectivity index (χ4v) is 4.43. The van der Waals surface area contributed by atoms with E-state index in [4.69, 9.17) is 14.2 Å². The highest BCUT2D eigenvalue weighted by Crippen LogP contribution is 2.53. The molecule has 3 aliphatic rings. The summed E-state index contributed by atoms with van der Waals surface area (Å²) < 4.78 is 16.5. The molecule has 0 aliphatic carbocycles. The molecule has 2 saturated heterocycles. The third-order valence-corrected chi connectivity index (χ3v) is 5.75. The molecule has 6 heteroatoms. The Labute approximate surface area is 152 Å². The lowest BCUT2D eigenvalue weighted by atomic mass is 9.77. The largest absolute Gasteiger partial charge is 0.497 e. The third-order valence-electron chi connectivity index (χ3n) is 5.75. The standard InChI is InChI=1S/C20H23NO5/c1-4-25-19(23)16-15-9-10-20(26-15)11-21(18(22)17(16)20)12(2)13-5-7-14(24-3)8-6-13/h5-10,12,15-17H,4,11H2,1-3H3/t12?,15-,16?,17-,20+/m0/s1. The van der Waals surface area contributed by atoms with Crippen LogP contribution in [0.15, 0.2) is 36.4 Å². The lowest BCUT2D eigenvalue weighted by Crippen LogP contribution is -2.40. The normalized spacial score (nSPS) is 32.7. The number of ether oxygens (including phenoxy) is 3. The van der Waals surface area contributed by atoms with Crippen LogP contribution in [0.4, 0.5) is 0 Å². The molecule has 2 bridgehead atoms. The van der Waals surface area contributed by atoms with Crippen molar-refractivity contribution in [1.29, 1.82) is 0 Å². The van der Waals surface area contributed by atoms with Gasteiger partial charge in [-0.3, -0.25) is 9.59 Å². The summed E-state index contributed by atoms with van der Waals surface area (Å²) in [6.07, 6.45) is 3.49. The number of hydrogen-bond donors (Lipinski definition) is 0. The Morgan fingerprint density at radius 1 is 1.38 bits per heavy atom. The van der Waals surface area contributed by atoms with Gasteiger partial charge in [0, 0.05) is 0 Å². The van der Waals surface area contributed by atoms with E-state index in [0.29, 0.717) is 13.2 Å². The Kier molecular flexibility index (Phi) is 4.03. The number of amides is 1. The van der Waals surface area contributed by atoms with E-state index in [9.17, 15) is 9.59 Å². The van der Waals surface area contributed by atoms with Crippen molar-refractivity contribution in [3.63, 3.8) is 0 Å². The van der Waals surface area contributed by atoms with Crippen LogP contribution in [0.2, 0.25) is 0 Å². The monoisotopic (exact) mass is 357 g/mol. The van der Waals surface area contributed by atoms with Crippen LogP contribution >= 0.6 is 0 Å². The maximum atomic E-state index is 13.2. The number of rotatable bonds is 5. The van der Waals surface area contributed by atoms with E-state index >= 15 is 0 Å². The van der Waals surface area contributed by atoms with Crippen LogP contribution in [0.3, 0.4) is 0 Å². The number of hydrogen-bond acceptors (Lipinski definition) is 5. The Bertz CT molecular complexity index is 758. The molecule has 1 spiro atoms. The molecule has 3 aliphatic heterocycles. The zero-order chi connectivity index (χ0) is 18.5. The smallest absolute Gasteiger partial charge is 0.312 e. The second-order valence-corrected chi connectivity index (χ2v) is 7.07. The van der Waals surface area contributed by atoms with Gasteiger partial charge in [-0.1, -0.05) is 24.3 Å². The maximum Gasteiger partial charge on any atom is 0.312 e. The Hall–Kier alpha value is -2.34. The highest BCUT2D eigenvalue weighted by atomic mass is 16.6. The molecule has 26 heavy (non-hydrogen) atoms. The van der Waals surface area contributed by atoms with Gasteiger partial charge >= 0.3 is 5.97 Å². The summed E-state index contributed by atoms with van der Waals surface area (Å²) in [5.74, 6) is -0.673. The van der Waals surface area contributed by atoms with Crippen molar-refractivity contribution in [2.45, 2.75) is 31.6 Å².